The number of ether oxygens (including phenoxy) is 2. The van der Waals surface area contributed by atoms with Gasteiger partial charge < -0.3 is 19.2 Å². The lowest BCUT2D eigenvalue weighted by Gasteiger charge is -2.08. The molecule has 0 unspecified atom stereocenters. The number of oxazole rings is 1. The molecular weight excluding hydrogens is 320 g/mol. The Morgan fingerprint density at radius 1 is 1.04 bits per heavy atom. The summed E-state index contributed by atoms with van der Waals surface area (Å²) < 4.78 is 16.4. The molecule has 126 valence electrons. The summed E-state index contributed by atoms with van der Waals surface area (Å²) in [4.78, 5) is 4.29. The van der Waals surface area contributed by atoms with E-state index >= 15 is 0 Å². The lowest BCUT2D eigenvalue weighted by molar-refractivity contribution is 0.394. The van der Waals surface area contributed by atoms with Crippen LogP contribution in [0.2, 0.25) is 0 Å². The number of H-pyrrole nitrogens is 1. The number of methoxy groups -OCH3 is 2. The van der Waals surface area contributed by atoms with Crippen molar-refractivity contribution in [1.29, 1.82) is 0 Å². The van der Waals surface area contributed by atoms with Gasteiger partial charge in [-0.15, -0.1) is 0 Å². The number of hydrogen-bond acceptors (Lipinski definition) is 6. The summed E-state index contributed by atoms with van der Waals surface area (Å²) in [5.41, 5.74) is 2.64. The molecule has 0 amide bonds. The molecule has 0 saturated heterocycles. The van der Waals surface area contributed by atoms with Crippen LogP contribution >= 0.6 is 0 Å². The first-order valence-electron chi connectivity index (χ1n) is 7.65. The largest absolute Gasteiger partial charge is 0.497 e. The summed E-state index contributed by atoms with van der Waals surface area (Å²) in [5, 5.41) is 11.1. The first-order chi connectivity index (χ1) is 12.3. The van der Waals surface area contributed by atoms with Crippen molar-refractivity contribution in [2.75, 3.05) is 19.5 Å². The van der Waals surface area contributed by atoms with Crippen LogP contribution < -0.4 is 14.8 Å². The van der Waals surface area contributed by atoms with Gasteiger partial charge in [0.05, 0.1) is 37.7 Å². The van der Waals surface area contributed by atoms with E-state index in [1.807, 2.05) is 30.3 Å². The zero-order chi connectivity index (χ0) is 17.2. The van der Waals surface area contributed by atoms with Gasteiger partial charge in [-0.05, 0) is 30.3 Å². The van der Waals surface area contributed by atoms with E-state index in [1.165, 1.54) is 0 Å². The highest BCUT2D eigenvalue weighted by atomic mass is 16.5. The van der Waals surface area contributed by atoms with E-state index in [1.54, 1.807) is 32.7 Å². The SMILES string of the molecule is COc1ccc(-c2cnc(Nc3ccc4[nH]ncc4c3)o2)c(OC)c1. The molecule has 0 atom stereocenters. The van der Waals surface area contributed by atoms with Gasteiger partial charge in [0.15, 0.2) is 5.76 Å². The third kappa shape index (κ3) is 2.87. The van der Waals surface area contributed by atoms with Crippen LogP contribution in [0.15, 0.2) is 53.2 Å². The smallest absolute Gasteiger partial charge is 0.299 e. The third-order valence-corrected chi connectivity index (χ3v) is 3.87. The van der Waals surface area contributed by atoms with Gasteiger partial charge in [-0.25, -0.2) is 4.98 Å². The fraction of sp³-hybridized carbons (Fsp3) is 0.111. The average Bonchev–Trinajstić information content (AvgIpc) is 3.30. The first kappa shape index (κ1) is 15.1. The quantitative estimate of drug-likeness (QED) is 0.573. The maximum Gasteiger partial charge on any atom is 0.299 e. The van der Waals surface area contributed by atoms with Crippen molar-refractivity contribution in [3.63, 3.8) is 0 Å². The number of aromatic nitrogens is 3. The summed E-state index contributed by atoms with van der Waals surface area (Å²) in [7, 11) is 3.22. The van der Waals surface area contributed by atoms with Crippen molar-refractivity contribution >= 4 is 22.6 Å². The van der Waals surface area contributed by atoms with Crippen molar-refractivity contribution in [3.8, 4) is 22.8 Å². The highest BCUT2D eigenvalue weighted by Crippen LogP contribution is 2.34. The Bertz CT molecular complexity index is 1020. The molecule has 0 aliphatic carbocycles. The van der Waals surface area contributed by atoms with E-state index in [9.17, 15) is 0 Å². The number of anilines is 2. The molecule has 4 aromatic rings. The maximum absolute atomic E-state index is 5.82. The molecule has 0 radical (unpaired) electrons. The Morgan fingerprint density at radius 3 is 2.80 bits per heavy atom. The molecule has 0 bridgehead atoms. The molecule has 0 aliphatic heterocycles. The lowest BCUT2D eigenvalue weighted by Crippen LogP contribution is -1.90. The molecule has 0 aliphatic rings. The van der Waals surface area contributed by atoms with Crippen LogP contribution in [-0.2, 0) is 0 Å². The number of rotatable bonds is 5. The Kier molecular flexibility index (Phi) is 3.74. The van der Waals surface area contributed by atoms with Gasteiger partial charge in [0.1, 0.15) is 11.5 Å². The van der Waals surface area contributed by atoms with E-state index in [2.05, 4.69) is 20.5 Å². The molecule has 0 saturated carbocycles. The Morgan fingerprint density at radius 2 is 1.96 bits per heavy atom. The van der Waals surface area contributed by atoms with Gasteiger partial charge in [0.25, 0.3) is 6.01 Å². The Hall–Kier alpha value is -3.48. The van der Waals surface area contributed by atoms with Crippen LogP contribution in [0.25, 0.3) is 22.2 Å². The minimum Gasteiger partial charge on any atom is -0.497 e. The molecule has 2 aromatic heterocycles. The van der Waals surface area contributed by atoms with E-state index < -0.39 is 0 Å². The molecule has 2 aromatic carbocycles. The second-order valence-electron chi connectivity index (χ2n) is 5.39. The summed E-state index contributed by atoms with van der Waals surface area (Å²) in [5.74, 6) is 1.97. The normalized spacial score (nSPS) is 10.8. The summed E-state index contributed by atoms with van der Waals surface area (Å²) in [6.07, 6.45) is 3.42. The first-order valence-corrected chi connectivity index (χ1v) is 7.65. The fourth-order valence-electron chi connectivity index (χ4n) is 2.60. The van der Waals surface area contributed by atoms with Gasteiger partial charge in [-0.1, -0.05) is 0 Å². The van der Waals surface area contributed by atoms with E-state index in [0.717, 1.165) is 22.2 Å². The zero-order valence-corrected chi connectivity index (χ0v) is 13.7. The van der Waals surface area contributed by atoms with E-state index in [0.29, 0.717) is 23.3 Å². The predicted octanol–water partition coefficient (Wildman–Crippen LogP) is 3.98. The van der Waals surface area contributed by atoms with Gasteiger partial charge >= 0.3 is 0 Å². The number of hydrogen-bond donors (Lipinski definition) is 2. The minimum absolute atomic E-state index is 0.399. The molecular formula is C18H16N4O3. The van der Waals surface area contributed by atoms with E-state index in [4.69, 9.17) is 13.9 Å². The number of fused-ring (bicyclic) bond motifs is 1. The Balaban J connectivity index is 1.61. The second-order valence-corrected chi connectivity index (χ2v) is 5.39. The molecule has 25 heavy (non-hydrogen) atoms. The highest BCUT2D eigenvalue weighted by molar-refractivity contribution is 5.82. The van der Waals surface area contributed by atoms with Gasteiger partial charge in [0.2, 0.25) is 0 Å². The number of nitrogens with one attached hydrogen (secondary N) is 2. The van der Waals surface area contributed by atoms with Crippen LogP contribution in [0.3, 0.4) is 0 Å². The van der Waals surface area contributed by atoms with Crippen LogP contribution in [0.5, 0.6) is 11.5 Å². The van der Waals surface area contributed by atoms with Crippen molar-refractivity contribution < 1.29 is 13.9 Å². The summed E-state index contributed by atoms with van der Waals surface area (Å²) >= 11 is 0. The standard InChI is InChI=1S/C18H16N4O3/c1-23-13-4-5-14(16(8-13)24-2)17-10-19-18(25-17)21-12-3-6-15-11(7-12)9-20-22-15/h3-10H,1-2H3,(H,19,21)(H,20,22). The monoisotopic (exact) mass is 336 g/mol. The molecule has 0 spiro atoms. The van der Waals surface area contributed by atoms with Gasteiger partial charge in [-0.2, -0.15) is 5.10 Å². The molecule has 2 heterocycles. The molecule has 7 nitrogen and oxygen atoms in total. The molecule has 7 heteroatoms. The number of nitrogens with zero attached hydrogens (tertiary/aromatic N) is 2. The van der Waals surface area contributed by atoms with Gasteiger partial charge in [0, 0.05) is 17.1 Å². The van der Waals surface area contributed by atoms with Crippen molar-refractivity contribution in [3.05, 3.63) is 48.8 Å². The average molecular weight is 336 g/mol. The summed E-state index contributed by atoms with van der Waals surface area (Å²) in [6.45, 7) is 0. The summed E-state index contributed by atoms with van der Waals surface area (Å²) in [6, 6.07) is 11.8. The third-order valence-electron chi connectivity index (χ3n) is 3.87. The number of aromatic amines is 1. The molecule has 2 N–H and O–H groups in total. The maximum atomic E-state index is 5.82. The Labute approximate surface area is 143 Å². The minimum atomic E-state index is 0.399. The fourth-order valence-corrected chi connectivity index (χ4v) is 2.60. The van der Waals surface area contributed by atoms with Crippen LogP contribution in [0, 0.1) is 0 Å². The van der Waals surface area contributed by atoms with Crippen molar-refractivity contribution in [2.24, 2.45) is 0 Å². The second kappa shape index (κ2) is 6.20. The van der Waals surface area contributed by atoms with Crippen LogP contribution in [-0.4, -0.2) is 29.4 Å². The lowest BCUT2D eigenvalue weighted by atomic mass is 10.1. The topological polar surface area (TPSA) is 85.2 Å². The molecule has 0 fully saturated rings. The highest BCUT2D eigenvalue weighted by Gasteiger charge is 2.13. The van der Waals surface area contributed by atoms with Gasteiger partial charge in [-0.3, -0.25) is 5.10 Å². The predicted molar refractivity (Wildman–Crippen MR) is 94.4 cm³/mol. The number of benzene rings is 2. The van der Waals surface area contributed by atoms with Crippen LogP contribution in [0.1, 0.15) is 0 Å². The van der Waals surface area contributed by atoms with E-state index in [-0.39, 0.29) is 0 Å². The molecule has 4 rings (SSSR count). The zero-order valence-electron chi connectivity index (χ0n) is 13.7. The van der Waals surface area contributed by atoms with Crippen LogP contribution in [0.4, 0.5) is 11.7 Å². The van der Waals surface area contributed by atoms with Crippen molar-refractivity contribution in [2.45, 2.75) is 0 Å². The van der Waals surface area contributed by atoms with Crippen molar-refractivity contribution in [1.82, 2.24) is 15.2 Å².